The van der Waals surface area contributed by atoms with E-state index in [1.54, 1.807) is 0 Å². The van der Waals surface area contributed by atoms with Gasteiger partial charge in [0.25, 0.3) is 0 Å². The number of nitrogens with zero attached hydrogens (tertiary/aromatic N) is 1. The Morgan fingerprint density at radius 2 is 1.54 bits per heavy atom. The first kappa shape index (κ1) is 15.9. The SMILES string of the molecule is CC(N)CN1CCCCCC1.Cl.Cl. The molecule has 1 unspecified atom stereocenters. The molecule has 2 N–H and O–H groups in total. The molecule has 13 heavy (non-hydrogen) atoms. The Hall–Kier alpha value is 0.500. The lowest BCUT2D eigenvalue weighted by atomic mass is 10.2. The van der Waals surface area contributed by atoms with Crippen LogP contribution in [-0.2, 0) is 0 Å². The third-order valence-corrected chi connectivity index (χ3v) is 2.24. The molecule has 0 amide bonds. The molecule has 0 radical (unpaired) electrons. The summed E-state index contributed by atoms with van der Waals surface area (Å²) in [6, 6.07) is 0.341. The summed E-state index contributed by atoms with van der Waals surface area (Å²) in [5, 5.41) is 0. The summed E-state index contributed by atoms with van der Waals surface area (Å²) in [5.74, 6) is 0. The molecule has 0 aromatic carbocycles. The average molecular weight is 229 g/mol. The Morgan fingerprint density at radius 3 is 1.92 bits per heavy atom. The Balaban J connectivity index is 0. The van der Waals surface area contributed by atoms with E-state index in [-0.39, 0.29) is 24.8 Å². The number of hydrogen-bond donors (Lipinski definition) is 1. The fourth-order valence-corrected chi connectivity index (χ4v) is 1.73. The number of nitrogens with two attached hydrogens (primary N) is 1. The van der Waals surface area contributed by atoms with Crippen molar-refractivity contribution >= 4 is 24.8 Å². The molecular formula is C9H22Cl2N2. The van der Waals surface area contributed by atoms with Crippen LogP contribution in [0.4, 0.5) is 0 Å². The van der Waals surface area contributed by atoms with Gasteiger partial charge >= 0.3 is 0 Å². The maximum Gasteiger partial charge on any atom is 0.0139 e. The van der Waals surface area contributed by atoms with Crippen LogP contribution in [0.25, 0.3) is 0 Å². The third kappa shape index (κ3) is 7.56. The molecule has 1 saturated heterocycles. The van der Waals surface area contributed by atoms with Gasteiger partial charge in [0.2, 0.25) is 0 Å². The van der Waals surface area contributed by atoms with Crippen molar-refractivity contribution in [3.63, 3.8) is 0 Å². The minimum atomic E-state index is 0. The van der Waals surface area contributed by atoms with Gasteiger partial charge < -0.3 is 10.6 Å². The monoisotopic (exact) mass is 228 g/mol. The third-order valence-electron chi connectivity index (χ3n) is 2.24. The van der Waals surface area contributed by atoms with Crippen LogP contribution in [0.1, 0.15) is 32.6 Å². The van der Waals surface area contributed by atoms with E-state index in [9.17, 15) is 0 Å². The van der Waals surface area contributed by atoms with Crippen LogP contribution in [0.3, 0.4) is 0 Å². The predicted molar refractivity (Wildman–Crippen MR) is 63.1 cm³/mol. The number of rotatable bonds is 2. The molecule has 2 nitrogen and oxygen atoms in total. The zero-order valence-electron chi connectivity index (χ0n) is 8.37. The fourth-order valence-electron chi connectivity index (χ4n) is 1.73. The van der Waals surface area contributed by atoms with E-state index in [4.69, 9.17) is 5.73 Å². The summed E-state index contributed by atoms with van der Waals surface area (Å²) in [4.78, 5) is 2.50. The van der Waals surface area contributed by atoms with Gasteiger partial charge in [0.1, 0.15) is 0 Å². The average Bonchev–Trinajstić information content (AvgIpc) is 2.14. The highest BCUT2D eigenvalue weighted by Gasteiger charge is 2.09. The fraction of sp³-hybridized carbons (Fsp3) is 1.00. The molecule has 1 aliphatic rings. The Labute approximate surface area is 94.1 Å². The van der Waals surface area contributed by atoms with Crippen LogP contribution in [0, 0.1) is 0 Å². The first-order valence-electron chi connectivity index (χ1n) is 4.77. The minimum Gasteiger partial charge on any atom is -0.327 e. The smallest absolute Gasteiger partial charge is 0.0139 e. The highest BCUT2D eigenvalue weighted by atomic mass is 35.5. The van der Waals surface area contributed by atoms with E-state index >= 15 is 0 Å². The standard InChI is InChI=1S/C9H20N2.2ClH/c1-9(10)8-11-6-4-2-3-5-7-11;;/h9H,2-8,10H2,1H3;2*1H. The van der Waals surface area contributed by atoms with Crippen molar-refractivity contribution in [3.8, 4) is 0 Å². The summed E-state index contributed by atoms with van der Waals surface area (Å²) >= 11 is 0. The molecule has 1 rings (SSSR count). The first-order valence-corrected chi connectivity index (χ1v) is 4.77. The van der Waals surface area contributed by atoms with E-state index in [1.807, 2.05) is 0 Å². The summed E-state index contributed by atoms with van der Waals surface area (Å²) in [6.07, 6.45) is 5.56. The van der Waals surface area contributed by atoms with E-state index in [1.165, 1.54) is 38.8 Å². The molecule has 0 aromatic rings. The number of hydrogen-bond acceptors (Lipinski definition) is 2. The summed E-state index contributed by atoms with van der Waals surface area (Å²) in [7, 11) is 0. The Bertz CT molecular complexity index is 102. The lowest BCUT2D eigenvalue weighted by Gasteiger charge is -2.21. The zero-order chi connectivity index (χ0) is 8.10. The van der Waals surface area contributed by atoms with E-state index in [2.05, 4.69) is 11.8 Å². The zero-order valence-corrected chi connectivity index (χ0v) is 10.0. The first-order chi connectivity index (χ1) is 5.29. The van der Waals surface area contributed by atoms with Gasteiger partial charge in [0.15, 0.2) is 0 Å². The van der Waals surface area contributed by atoms with Gasteiger partial charge in [-0.05, 0) is 32.9 Å². The molecule has 1 aliphatic heterocycles. The molecule has 1 fully saturated rings. The van der Waals surface area contributed by atoms with Crippen LogP contribution in [0.15, 0.2) is 0 Å². The van der Waals surface area contributed by atoms with Crippen LogP contribution < -0.4 is 5.73 Å². The van der Waals surface area contributed by atoms with Gasteiger partial charge in [0.05, 0.1) is 0 Å². The molecule has 4 heteroatoms. The molecule has 0 aromatic heterocycles. The van der Waals surface area contributed by atoms with Crippen molar-refractivity contribution in [3.05, 3.63) is 0 Å². The van der Waals surface area contributed by atoms with Crippen LogP contribution in [-0.4, -0.2) is 30.6 Å². The topological polar surface area (TPSA) is 29.3 Å². The lowest BCUT2D eigenvalue weighted by Crippen LogP contribution is -2.36. The molecule has 0 aliphatic carbocycles. The maximum atomic E-state index is 5.73. The Morgan fingerprint density at radius 1 is 1.08 bits per heavy atom. The number of halogens is 2. The van der Waals surface area contributed by atoms with Crippen LogP contribution in [0.5, 0.6) is 0 Å². The predicted octanol–water partition coefficient (Wildman–Crippen LogP) is 2.05. The van der Waals surface area contributed by atoms with Crippen molar-refractivity contribution in [2.45, 2.75) is 38.6 Å². The normalized spacial score (nSPS) is 20.8. The van der Waals surface area contributed by atoms with Gasteiger partial charge in [-0.2, -0.15) is 0 Å². The van der Waals surface area contributed by atoms with Gasteiger partial charge in [-0.25, -0.2) is 0 Å². The van der Waals surface area contributed by atoms with Crippen LogP contribution >= 0.6 is 24.8 Å². The largest absolute Gasteiger partial charge is 0.327 e. The molecule has 1 atom stereocenters. The van der Waals surface area contributed by atoms with Crippen LogP contribution in [0.2, 0.25) is 0 Å². The van der Waals surface area contributed by atoms with Gasteiger partial charge in [-0.3, -0.25) is 0 Å². The summed E-state index contributed by atoms with van der Waals surface area (Å²) in [5.41, 5.74) is 5.73. The minimum absolute atomic E-state index is 0. The molecule has 1 heterocycles. The van der Waals surface area contributed by atoms with Gasteiger partial charge in [-0.15, -0.1) is 24.8 Å². The summed E-state index contributed by atoms with van der Waals surface area (Å²) < 4.78 is 0. The second kappa shape index (κ2) is 9.07. The van der Waals surface area contributed by atoms with Crippen molar-refractivity contribution in [2.24, 2.45) is 5.73 Å². The highest BCUT2D eigenvalue weighted by Crippen LogP contribution is 2.09. The van der Waals surface area contributed by atoms with Gasteiger partial charge in [0, 0.05) is 12.6 Å². The van der Waals surface area contributed by atoms with E-state index in [0.29, 0.717) is 6.04 Å². The molecule has 0 saturated carbocycles. The lowest BCUT2D eigenvalue weighted by molar-refractivity contribution is 0.272. The van der Waals surface area contributed by atoms with E-state index < -0.39 is 0 Å². The molecule has 82 valence electrons. The highest BCUT2D eigenvalue weighted by molar-refractivity contribution is 5.85. The van der Waals surface area contributed by atoms with Crippen molar-refractivity contribution < 1.29 is 0 Å². The number of likely N-dealkylation sites (tertiary alicyclic amines) is 1. The molecular weight excluding hydrogens is 207 g/mol. The Kier molecular flexibility index (Phi) is 11.1. The maximum absolute atomic E-state index is 5.73. The summed E-state index contributed by atoms with van der Waals surface area (Å²) in [6.45, 7) is 5.70. The van der Waals surface area contributed by atoms with Crippen molar-refractivity contribution in [1.82, 2.24) is 4.90 Å². The van der Waals surface area contributed by atoms with E-state index in [0.717, 1.165) is 6.54 Å². The molecule has 0 spiro atoms. The molecule has 0 bridgehead atoms. The second-order valence-corrected chi connectivity index (χ2v) is 3.69. The van der Waals surface area contributed by atoms with Gasteiger partial charge in [-0.1, -0.05) is 12.8 Å². The quantitative estimate of drug-likeness (QED) is 0.785. The van der Waals surface area contributed by atoms with Crippen molar-refractivity contribution in [2.75, 3.05) is 19.6 Å². The second-order valence-electron chi connectivity index (χ2n) is 3.69. The van der Waals surface area contributed by atoms with Crippen molar-refractivity contribution in [1.29, 1.82) is 0 Å².